The lowest BCUT2D eigenvalue weighted by atomic mass is 10.1. The molecule has 1 amide bonds. The van der Waals surface area contributed by atoms with Crippen molar-refractivity contribution in [3.8, 4) is 0 Å². The Bertz CT molecular complexity index is 431. The number of aliphatic carboxylic acids is 1. The third kappa shape index (κ3) is 5.99. The molecule has 0 heterocycles. The lowest BCUT2D eigenvalue weighted by Gasteiger charge is -2.14. The van der Waals surface area contributed by atoms with Crippen LogP contribution in [0.3, 0.4) is 0 Å². The first-order chi connectivity index (χ1) is 8.99. The van der Waals surface area contributed by atoms with E-state index in [-0.39, 0.29) is 24.2 Å². The van der Waals surface area contributed by atoms with Crippen molar-refractivity contribution in [1.82, 2.24) is 5.32 Å². The molecule has 0 aliphatic rings. The number of carbonyl (C=O) groups excluding carboxylic acids is 1. The van der Waals surface area contributed by atoms with Gasteiger partial charge in [-0.3, -0.25) is 9.59 Å². The number of nitrogens with one attached hydrogen (secondary N) is 1. The van der Waals surface area contributed by atoms with Gasteiger partial charge in [-0.2, -0.15) is 0 Å². The summed E-state index contributed by atoms with van der Waals surface area (Å²) in [5, 5.41) is 11.3. The molecule has 0 aliphatic carbocycles. The molecule has 1 rings (SSSR count). The van der Waals surface area contributed by atoms with Crippen LogP contribution in [0.1, 0.15) is 44.2 Å². The third-order valence-corrected chi connectivity index (χ3v) is 2.79. The van der Waals surface area contributed by atoms with E-state index in [1.54, 1.807) is 12.1 Å². The first-order valence-corrected chi connectivity index (χ1v) is 6.25. The molecule has 1 aromatic rings. The van der Waals surface area contributed by atoms with Gasteiger partial charge < -0.3 is 10.4 Å². The van der Waals surface area contributed by atoms with Gasteiger partial charge in [-0.25, -0.2) is 4.39 Å². The molecule has 1 aromatic carbocycles. The number of benzene rings is 1. The average molecular weight is 267 g/mol. The van der Waals surface area contributed by atoms with Crippen LogP contribution in [0.4, 0.5) is 4.39 Å². The van der Waals surface area contributed by atoms with E-state index >= 15 is 0 Å². The molecule has 5 heteroatoms. The van der Waals surface area contributed by atoms with E-state index in [1.165, 1.54) is 12.1 Å². The van der Waals surface area contributed by atoms with Gasteiger partial charge >= 0.3 is 5.97 Å². The zero-order valence-electron chi connectivity index (χ0n) is 10.9. The van der Waals surface area contributed by atoms with Crippen LogP contribution in [-0.4, -0.2) is 17.0 Å². The van der Waals surface area contributed by atoms with Crippen molar-refractivity contribution in [2.24, 2.45) is 0 Å². The van der Waals surface area contributed by atoms with Crippen molar-refractivity contribution in [3.05, 3.63) is 35.6 Å². The van der Waals surface area contributed by atoms with Crippen molar-refractivity contribution in [2.75, 3.05) is 0 Å². The highest BCUT2D eigenvalue weighted by Gasteiger charge is 2.09. The van der Waals surface area contributed by atoms with Gasteiger partial charge in [0.25, 0.3) is 0 Å². The minimum atomic E-state index is -0.847. The Morgan fingerprint density at radius 3 is 2.37 bits per heavy atom. The van der Waals surface area contributed by atoms with E-state index in [0.29, 0.717) is 19.3 Å². The number of carboxylic acid groups (broad SMARTS) is 1. The van der Waals surface area contributed by atoms with E-state index in [2.05, 4.69) is 5.32 Å². The molecule has 0 saturated carbocycles. The fourth-order valence-corrected chi connectivity index (χ4v) is 1.71. The van der Waals surface area contributed by atoms with Gasteiger partial charge in [0.15, 0.2) is 0 Å². The maximum Gasteiger partial charge on any atom is 0.303 e. The molecule has 0 aromatic heterocycles. The van der Waals surface area contributed by atoms with Gasteiger partial charge in [0.05, 0.1) is 6.04 Å². The normalized spacial score (nSPS) is 11.9. The molecule has 2 N–H and O–H groups in total. The highest BCUT2D eigenvalue weighted by Crippen LogP contribution is 2.13. The van der Waals surface area contributed by atoms with Crippen LogP contribution in [-0.2, 0) is 9.59 Å². The number of hydrogen-bond acceptors (Lipinski definition) is 2. The lowest BCUT2D eigenvalue weighted by molar-refractivity contribution is -0.137. The van der Waals surface area contributed by atoms with Crippen LogP contribution in [0.5, 0.6) is 0 Å². The number of carbonyl (C=O) groups is 2. The maximum atomic E-state index is 12.7. The van der Waals surface area contributed by atoms with Crippen LogP contribution in [0.2, 0.25) is 0 Å². The highest BCUT2D eigenvalue weighted by molar-refractivity contribution is 5.76. The molecule has 1 atom stereocenters. The van der Waals surface area contributed by atoms with Crippen molar-refractivity contribution in [1.29, 1.82) is 0 Å². The molecule has 0 spiro atoms. The number of hydrogen-bond donors (Lipinski definition) is 2. The van der Waals surface area contributed by atoms with Crippen LogP contribution < -0.4 is 5.32 Å². The van der Waals surface area contributed by atoms with Crippen LogP contribution in [0.25, 0.3) is 0 Å². The van der Waals surface area contributed by atoms with E-state index < -0.39 is 5.97 Å². The number of amides is 1. The van der Waals surface area contributed by atoms with Gasteiger partial charge in [-0.15, -0.1) is 0 Å². The quantitative estimate of drug-likeness (QED) is 0.746. The minimum absolute atomic E-state index is 0.0841. The Kier molecular flexibility index (Phi) is 5.99. The number of rotatable bonds is 7. The molecular formula is C14H18FNO3. The second-order valence-corrected chi connectivity index (χ2v) is 4.44. The average Bonchev–Trinajstić information content (AvgIpc) is 2.35. The number of unbranched alkanes of at least 4 members (excludes halogenated alkanes) is 1. The first-order valence-electron chi connectivity index (χ1n) is 6.25. The Hall–Kier alpha value is -1.91. The summed E-state index contributed by atoms with van der Waals surface area (Å²) in [7, 11) is 0. The summed E-state index contributed by atoms with van der Waals surface area (Å²) in [4.78, 5) is 21.9. The Morgan fingerprint density at radius 1 is 1.21 bits per heavy atom. The number of halogens is 1. The zero-order chi connectivity index (χ0) is 14.3. The zero-order valence-corrected chi connectivity index (χ0v) is 10.9. The summed E-state index contributed by atoms with van der Waals surface area (Å²) in [5.74, 6) is -1.28. The van der Waals surface area contributed by atoms with Gasteiger partial charge in [0.2, 0.25) is 5.91 Å². The molecule has 0 radical (unpaired) electrons. The molecule has 0 aliphatic heterocycles. The van der Waals surface area contributed by atoms with Crippen LogP contribution in [0.15, 0.2) is 24.3 Å². The summed E-state index contributed by atoms with van der Waals surface area (Å²) >= 11 is 0. The second-order valence-electron chi connectivity index (χ2n) is 4.44. The minimum Gasteiger partial charge on any atom is -0.481 e. The fraction of sp³-hybridized carbons (Fsp3) is 0.429. The molecule has 4 nitrogen and oxygen atoms in total. The van der Waals surface area contributed by atoms with E-state index in [4.69, 9.17) is 5.11 Å². The van der Waals surface area contributed by atoms with Gasteiger partial charge in [-0.05, 0) is 37.5 Å². The van der Waals surface area contributed by atoms with Crippen molar-refractivity contribution >= 4 is 11.9 Å². The van der Waals surface area contributed by atoms with E-state index in [0.717, 1.165) is 5.56 Å². The predicted molar refractivity (Wildman–Crippen MR) is 69.1 cm³/mol. The van der Waals surface area contributed by atoms with E-state index in [1.807, 2.05) is 6.92 Å². The molecule has 104 valence electrons. The van der Waals surface area contributed by atoms with Crippen molar-refractivity contribution in [2.45, 2.75) is 38.6 Å². The standard InChI is InChI=1S/C14H18FNO3/c1-10(11-6-8-12(15)9-7-11)16-13(17)4-2-3-5-14(18)19/h6-10H,2-5H2,1H3,(H,16,17)(H,18,19)/t10-/m0/s1. The lowest BCUT2D eigenvalue weighted by Crippen LogP contribution is -2.26. The summed E-state index contributed by atoms with van der Waals surface area (Å²) < 4.78 is 12.7. The van der Waals surface area contributed by atoms with Gasteiger partial charge in [0, 0.05) is 12.8 Å². The highest BCUT2D eigenvalue weighted by atomic mass is 19.1. The molecule has 0 unspecified atom stereocenters. The van der Waals surface area contributed by atoms with Gasteiger partial charge in [-0.1, -0.05) is 12.1 Å². The SMILES string of the molecule is C[C@H](NC(=O)CCCCC(=O)O)c1ccc(F)cc1. The monoisotopic (exact) mass is 267 g/mol. The summed E-state index contributed by atoms with van der Waals surface area (Å²) in [5.41, 5.74) is 0.834. The second kappa shape index (κ2) is 7.51. The topological polar surface area (TPSA) is 66.4 Å². The van der Waals surface area contributed by atoms with Crippen molar-refractivity contribution < 1.29 is 19.1 Å². The largest absolute Gasteiger partial charge is 0.481 e. The maximum absolute atomic E-state index is 12.7. The van der Waals surface area contributed by atoms with Crippen molar-refractivity contribution in [3.63, 3.8) is 0 Å². The van der Waals surface area contributed by atoms with E-state index in [9.17, 15) is 14.0 Å². The Labute approximate surface area is 111 Å². The number of carboxylic acids is 1. The molecule has 0 fully saturated rings. The molecule has 0 saturated heterocycles. The molecular weight excluding hydrogens is 249 g/mol. The first kappa shape index (κ1) is 15.1. The van der Waals surface area contributed by atoms with Gasteiger partial charge in [0.1, 0.15) is 5.82 Å². The predicted octanol–water partition coefficient (Wildman–Crippen LogP) is 2.65. The Balaban J connectivity index is 2.31. The molecule has 0 bridgehead atoms. The smallest absolute Gasteiger partial charge is 0.303 e. The Morgan fingerprint density at radius 2 is 1.79 bits per heavy atom. The summed E-state index contributed by atoms with van der Waals surface area (Å²) in [6.45, 7) is 1.82. The van der Waals surface area contributed by atoms with Crippen LogP contribution >= 0.6 is 0 Å². The molecule has 19 heavy (non-hydrogen) atoms. The fourth-order valence-electron chi connectivity index (χ4n) is 1.71. The summed E-state index contributed by atoms with van der Waals surface area (Å²) in [6, 6.07) is 5.78. The summed E-state index contributed by atoms with van der Waals surface area (Å²) in [6.07, 6.45) is 1.43. The van der Waals surface area contributed by atoms with Crippen LogP contribution in [0, 0.1) is 5.82 Å². The third-order valence-electron chi connectivity index (χ3n) is 2.79.